The molecule has 0 aliphatic rings. The molecule has 0 bridgehead atoms. The summed E-state index contributed by atoms with van der Waals surface area (Å²) in [5, 5.41) is 9.23. The van der Waals surface area contributed by atoms with Crippen molar-refractivity contribution in [2.75, 3.05) is 0 Å². The third kappa shape index (κ3) is 2.66. The van der Waals surface area contributed by atoms with Crippen LogP contribution in [0, 0.1) is 6.92 Å². The predicted octanol–water partition coefficient (Wildman–Crippen LogP) is 0.902. The molecule has 0 atom stereocenters. The number of carboxylic acids is 1. The minimum Gasteiger partial charge on any atom is -0.480 e. The number of fused-ring (bicyclic) bond motifs is 1. The van der Waals surface area contributed by atoms with E-state index in [0.29, 0.717) is 22.6 Å². The van der Waals surface area contributed by atoms with Gasteiger partial charge in [-0.15, -0.1) is 11.3 Å². The standard InChI is InChI=1S/C13H15N3O4S/c1-3-4-7-15-12-9(6(2)10(21-12)11(14)19)13(20)16(7)5-8(17)18/h3-5H2,1-2H3,(H2,14,19)(H,17,18). The number of carbonyl (C=O) groups excluding carboxylic acids is 1. The van der Waals surface area contributed by atoms with Gasteiger partial charge in [-0.1, -0.05) is 6.92 Å². The van der Waals surface area contributed by atoms with Gasteiger partial charge in [0.25, 0.3) is 11.5 Å². The molecule has 0 aromatic carbocycles. The molecule has 21 heavy (non-hydrogen) atoms. The number of carboxylic acid groups (broad SMARTS) is 1. The molecule has 0 fully saturated rings. The van der Waals surface area contributed by atoms with Crippen LogP contribution in [-0.4, -0.2) is 26.5 Å². The Balaban J connectivity index is 2.81. The second-order valence-corrected chi connectivity index (χ2v) is 5.66. The van der Waals surface area contributed by atoms with E-state index in [1.165, 1.54) is 0 Å². The van der Waals surface area contributed by atoms with E-state index in [1.807, 2.05) is 6.92 Å². The molecule has 3 N–H and O–H groups in total. The first-order chi connectivity index (χ1) is 9.86. The molecular weight excluding hydrogens is 294 g/mol. The van der Waals surface area contributed by atoms with Gasteiger partial charge in [-0.2, -0.15) is 0 Å². The van der Waals surface area contributed by atoms with E-state index >= 15 is 0 Å². The van der Waals surface area contributed by atoms with Gasteiger partial charge >= 0.3 is 5.97 Å². The molecule has 0 aliphatic heterocycles. The normalized spacial score (nSPS) is 11.0. The third-order valence-electron chi connectivity index (χ3n) is 3.12. The van der Waals surface area contributed by atoms with Crippen molar-refractivity contribution in [3.8, 4) is 0 Å². The topological polar surface area (TPSA) is 115 Å². The number of aliphatic carboxylic acids is 1. The number of aryl methyl sites for hydroxylation is 2. The van der Waals surface area contributed by atoms with Gasteiger partial charge in [0, 0.05) is 6.42 Å². The van der Waals surface area contributed by atoms with E-state index in [-0.39, 0.29) is 10.3 Å². The molecule has 0 unspecified atom stereocenters. The van der Waals surface area contributed by atoms with Crippen molar-refractivity contribution in [1.82, 2.24) is 9.55 Å². The van der Waals surface area contributed by atoms with Crippen LogP contribution in [0.1, 0.15) is 34.4 Å². The second-order valence-electron chi connectivity index (χ2n) is 4.66. The Morgan fingerprint density at radius 1 is 1.43 bits per heavy atom. The molecule has 2 aromatic rings. The second kappa shape index (κ2) is 5.65. The molecule has 7 nitrogen and oxygen atoms in total. The van der Waals surface area contributed by atoms with E-state index in [1.54, 1.807) is 6.92 Å². The smallest absolute Gasteiger partial charge is 0.323 e. The van der Waals surface area contributed by atoms with Gasteiger partial charge < -0.3 is 10.8 Å². The molecule has 0 radical (unpaired) electrons. The fourth-order valence-electron chi connectivity index (χ4n) is 2.21. The van der Waals surface area contributed by atoms with E-state index in [0.717, 1.165) is 22.3 Å². The van der Waals surface area contributed by atoms with Gasteiger partial charge in [0.15, 0.2) is 0 Å². The van der Waals surface area contributed by atoms with Crippen LogP contribution in [-0.2, 0) is 17.8 Å². The molecule has 2 rings (SSSR count). The number of amides is 1. The Morgan fingerprint density at radius 2 is 2.10 bits per heavy atom. The van der Waals surface area contributed by atoms with Crippen LogP contribution in [0.25, 0.3) is 10.2 Å². The summed E-state index contributed by atoms with van der Waals surface area (Å²) < 4.78 is 1.15. The lowest BCUT2D eigenvalue weighted by atomic mass is 10.2. The summed E-state index contributed by atoms with van der Waals surface area (Å²) in [7, 11) is 0. The van der Waals surface area contributed by atoms with Crippen molar-refractivity contribution in [2.24, 2.45) is 5.73 Å². The first-order valence-electron chi connectivity index (χ1n) is 6.41. The number of nitrogens with zero attached hydrogens (tertiary/aromatic N) is 2. The Labute approximate surface area is 124 Å². The summed E-state index contributed by atoms with van der Waals surface area (Å²) >= 11 is 1.07. The van der Waals surface area contributed by atoms with Crippen molar-refractivity contribution in [2.45, 2.75) is 33.2 Å². The Morgan fingerprint density at radius 3 is 2.62 bits per heavy atom. The molecule has 0 saturated heterocycles. The van der Waals surface area contributed by atoms with Gasteiger partial charge in [0.1, 0.15) is 17.2 Å². The average molecular weight is 309 g/mol. The first-order valence-corrected chi connectivity index (χ1v) is 7.22. The van der Waals surface area contributed by atoms with Crippen LogP contribution in [0.2, 0.25) is 0 Å². The van der Waals surface area contributed by atoms with E-state index in [2.05, 4.69) is 4.98 Å². The summed E-state index contributed by atoms with van der Waals surface area (Å²) in [6, 6.07) is 0. The number of carbonyl (C=O) groups is 2. The maximum atomic E-state index is 12.5. The van der Waals surface area contributed by atoms with Gasteiger partial charge in [-0.3, -0.25) is 19.0 Å². The summed E-state index contributed by atoms with van der Waals surface area (Å²) in [6.07, 6.45) is 1.21. The lowest BCUT2D eigenvalue weighted by Crippen LogP contribution is -2.28. The first kappa shape index (κ1) is 15.2. The number of thiophene rings is 1. The van der Waals surface area contributed by atoms with Gasteiger partial charge in [0.05, 0.1) is 10.3 Å². The van der Waals surface area contributed by atoms with Crippen molar-refractivity contribution >= 4 is 33.4 Å². The minimum absolute atomic E-state index is 0.273. The highest BCUT2D eigenvalue weighted by Crippen LogP contribution is 2.27. The van der Waals surface area contributed by atoms with Crippen LogP contribution in [0.5, 0.6) is 0 Å². The lowest BCUT2D eigenvalue weighted by molar-refractivity contribution is -0.137. The highest BCUT2D eigenvalue weighted by Gasteiger charge is 2.20. The van der Waals surface area contributed by atoms with Gasteiger partial charge in [-0.25, -0.2) is 4.98 Å². The highest BCUT2D eigenvalue weighted by atomic mass is 32.1. The Bertz CT molecular complexity index is 791. The van der Waals surface area contributed by atoms with Crippen molar-refractivity contribution in [1.29, 1.82) is 0 Å². The molecule has 0 spiro atoms. The summed E-state index contributed by atoms with van der Waals surface area (Å²) in [4.78, 5) is 39.9. The number of hydrogen-bond donors (Lipinski definition) is 2. The summed E-state index contributed by atoms with van der Waals surface area (Å²) in [5.74, 6) is -1.31. The monoisotopic (exact) mass is 309 g/mol. The lowest BCUT2D eigenvalue weighted by Gasteiger charge is -2.09. The number of aromatic nitrogens is 2. The molecule has 2 aromatic heterocycles. The summed E-state index contributed by atoms with van der Waals surface area (Å²) in [5.41, 5.74) is 5.31. The largest absolute Gasteiger partial charge is 0.480 e. The van der Waals surface area contributed by atoms with E-state index < -0.39 is 24.0 Å². The third-order valence-corrected chi connectivity index (χ3v) is 4.32. The number of rotatable bonds is 5. The van der Waals surface area contributed by atoms with Crippen LogP contribution < -0.4 is 11.3 Å². The average Bonchev–Trinajstić information content (AvgIpc) is 2.71. The van der Waals surface area contributed by atoms with Gasteiger partial charge in [0.2, 0.25) is 0 Å². The zero-order valence-electron chi connectivity index (χ0n) is 11.7. The predicted molar refractivity (Wildman–Crippen MR) is 78.8 cm³/mol. The van der Waals surface area contributed by atoms with Crippen LogP contribution in [0.4, 0.5) is 0 Å². The van der Waals surface area contributed by atoms with Crippen molar-refractivity contribution < 1.29 is 14.7 Å². The highest BCUT2D eigenvalue weighted by molar-refractivity contribution is 7.20. The van der Waals surface area contributed by atoms with Crippen LogP contribution >= 0.6 is 11.3 Å². The van der Waals surface area contributed by atoms with Crippen LogP contribution in [0.15, 0.2) is 4.79 Å². The minimum atomic E-state index is -1.11. The van der Waals surface area contributed by atoms with E-state index in [9.17, 15) is 14.4 Å². The molecular formula is C13H15N3O4S. The molecule has 0 aliphatic carbocycles. The molecule has 2 heterocycles. The van der Waals surface area contributed by atoms with Crippen molar-refractivity contribution in [3.05, 3.63) is 26.6 Å². The Kier molecular flexibility index (Phi) is 4.08. The number of nitrogens with two attached hydrogens (primary N) is 1. The van der Waals surface area contributed by atoms with Crippen LogP contribution in [0.3, 0.4) is 0 Å². The van der Waals surface area contributed by atoms with Crippen molar-refractivity contribution in [3.63, 3.8) is 0 Å². The molecule has 1 amide bonds. The molecule has 8 heteroatoms. The maximum Gasteiger partial charge on any atom is 0.323 e. The van der Waals surface area contributed by atoms with E-state index in [4.69, 9.17) is 10.8 Å². The Hall–Kier alpha value is -2.22. The molecule has 112 valence electrons. The van der Waals surface area contributed by atoms with Gasteiger partial charge in [-0.05, 0) is 18.9 Å². The molecule has 0 saturated carbocycles. The summed E-state index contributed by atoms with van der Waals surface area (Å²) in [6.45, 7) is 3.08. The zero-order valence-corrected chi connectivity index (χ0v) is 12.5. The number of primary amides is 1. The number of hydrogen-bond acceptors (Lipinski definition) is 5. The quantitative estimate of drug-likeness (QED) is 0.851. The zero-order chi connectivity index (χ0) is 15.7. The maximum absolute atomic E-state index is 12.5. The fourth-order valence-corrected chi connectivity index (χ4v) is 3.25. The SMILES string of the molecule is CCCc1nc2sc(C(N)=O)c(C)c2c(=O)n1CC(=O)O. The fraction of sp³-hybridized carbons (Fsp3) is 0.385.